The van der Waals surface area contributed by atoms with E-state index >= 15 is 0 Å². The highest BCUT2D eigenvalue weighted by Crippen LogP contribution is 2.24. The van der Waals surface area contributed by atoms with Gasteiger partial charge >= 0.3 is 0 Å². The maximum atomic E-state index is 8.65. The van der Waals surface area contributed by atoms with E-state index in [1.54, 1.807) is 6.07 Å². The second-order valence-corrected chi connectivity index (χ2v) is 2.98. The first-order valence-corrected chi connectivity index (χ1v) is 4.02. The fourth-order valence-corrected chi connectivity index (χ4v) is 1.45. The highest BCUT2D eigenvalue weighted by Gasteiger charge is 2.14. The summed E-state index contributed by atoms with van der Waals surface area (Å²) in [6.45, 7) is 0.882. The molecule has 0 spiro atoms. The van der Waals surface area contributed by atoms with Crippen LogP contribution in [0.2, 0.25) is 5.15 Å². The lowest BCUT2D eigenvalue weighted by atomic mass is 10.2. The summed E-state index contributed by atoms with van der Waals surface area (Å²) in [5, 5.41) is 12.0. The van der Waals surface area contributed by atoms with Crippen LogP contribution >= 0.6 is 11.6 Å². The molecule has 2 rings (SSSR count). The zero-order valence-corrected chi connectivity index (χ0v) is 7.02. The first-order chi connectivity index (χ1) is 5.81. The summed E-state index contributed by atoms with van der Waals surface area (Å²) in [4.78, 5) is 4.06. The Hall–Kier alpha value is -1.27. The number of nitrogens with one attached hydrogen (secondary N) is 1. The molecule has 0 radical (unpaired) electrons. The topological polar surface area (TPSA) is 48.7 Å². The third-order valence-corrected chi connectivity index (χ3v) is 2.15. The summed E-state index contributed by atoms with van der Waals surface area (Å²) in [5.74, 6) is 0.819. The van der Waals surface area contributed by atoms with E-state index in [0.717, 1.165) is 24.3 Å². The second kappa shape index (κ2) is 2.65. The van der Waals surface area contributed by atoms with Gasteiger partial charge in [-0.05, 0) is 18.1 Å². The van der Waals surface area contributed by atoms with E-state index in [9.17, 15) is 0 Å². The van der Waals surface area contributed by atoms with Gasteiger partial charge < -0.3 is 5.32 Å². The van der Waals surface area contributed by atoms with E-state index in [4.69, 9.17) is 16.9 Å². The van der Waals surface area contributed by atoms with Crippen LogP contribution in [0.15, 0.2) is 6.07 Å². The lowest BCUT2D eigenvalue weighted by Crippen LogP contribution is -1.93. The van der Waals surface area contributed by atoms with Crippen LogP contribution in [-0.2, 0) is 6.42 Å². The van der Waals surface area contributed by atoms with Gasteiger partial charge in [0.25, 0.3) is 0 Å². The van der Waals surface area contributed by atoms with Crippen molar-refractivity contribution in [3.05, 3.63) is 22.3 Å². The van der Waals surface area contributed by atoms with E-state index in [1.165, 1.54) is 0 Å². The molecule has 0 atom stereocenters. The zero-order chi connectivity index (χ0) is 8.55. The molecule has 4 heteroatoms. The minimum Gasteiger partial charge on any atom is -0.369 e. The molecule has 1 aromatic rings. The fourth-order valence-electron chi connectivity index (χ4n) is 1.27. The largest absolute Gasteiger partial charge is 0.369 e. The minimum absolute atomic E-state index is 0.283. The van der Waals surface area contributed by atoms with Crippen molar-refractivity contribution in [2.24, 2.45) is 0 Å². The van der Waals surface area contributed by atoms with Crippen molar-refractivity contribution in [3.8, 4) is 6.07 Å². The highest BCUT2D eigenvalue weighted by atomic mass is 35.5. The number of nitrogens with zero attached hydrogens (tertiary/aromatic N) is 2. The molecule has 0 saturated carbocycles. The molecular formula is C8H6ClN3. The number of halogens is 1. The Balaban J connectivity index is 2.59. The Bertz CT molecular complexity index is 367. The molecular weight excluding hydrogens is 174 g/mol. The minimum atomic E-state index is 0.283. The molecule has 0 aliphatic carbocycles. The van der Waals surface area contributed by atoms with Gasteiger partial charge in [-0.2, -0.15) is 5.26 Å². The van der Waals surface area contributed by atoms with Crippen LogP contribution in [0.25, 0.3) is 0 Å². The normalized spacial score (nSPS) is 13.3. The van der Waals surface area contributed by atoms with Crippen molar-refractivity contribution in [2.45, 2.75) is 6.42 Å². The lowest BCUT2D eigenvalue weighted by molar-refractivity contribution is 1.10. The van der Waals surface area contributed by atoms with Crippen LogP contribution in [0.5, 0.6) is 0 Å². The average molecular weight is 180 g/mol. The van der Waals surface area contributed by atoms with Crippen LogP contribution in [0.1, 0.15) is 11.1 Å². The van der Waals surface area contributed by atoms with Crippen LogP contribution in [0.4, 0.5) is 5.82 Å². The lowest BCUT2D eigenvalue weighted by Gasteiger charge is -1.99. The van der Waals surface area contributed by atoms with Gasteiger partial charge in [0.05, 0.1) is 5.56 Å². The second-order valence-electron chi connectivity index (χ2n) is 2.62. The quantitative estimate of drug-likeness (QED) is 0.615. The van der Waals surface area contributed by atoms with Gasteiger partial charge in [0.15, 0.2) is 0 Å². The van der Waals surface area contributed by atoms with Gasteiger partial charge in [0.1, 0.15) is 17.0 Å². The number of fused-ring (bicyclic) bond motifs is 1. The van der Waals surface area contributed by atoms with Gasteiger partial charge in [-0.3, -0.25) is 0 Å². The maximum Gasteiger partial charge on any atom is 0.149 e. The first kappa shape index (κ1) is 7.38. The van der Waals surface area contributed by atoms with Gasteiger partial charge in [0.2, 0.25) is 0 Å². The van der Waals surface area contributed by atoms with E-state index in [2.05, 4.69) is 10.3 Å². The third kappa shape index (κ3) is 1.01. The number of anilines is 1. The molecule has 0 aromatic carbocycles. The Morgan fingerprint density at radius 3 is 3.25 bits per heavy atom. The van der Waals surface area contributed by atoms with Gasteiger partial charge in [-0.25, -0.2) is 4.98 Å². The van der Waals surface area contributed by atoms with Gasteiger partial charge in [-0.15, -0.1) is 0 Å². The SMILES string of the molecule is N#Cc1cc2c(nc1Cl)NCC2. The molecule has 0 amide bonds. The number of rotatable bonds is 0. The molecule has 1 aliphatic heterocycles. The van der Waals surface area contributed by atoms with E-state index in [0.29, 0.717) is 5.56 Å². The highest BCUT2D eigenvalue weighted by molar-refractivity contribution is 6.30. The first-order valence-electron chi connectivity index (χ1n) is 3.64. The van der Waals surface area contributed by atoms with Crippen LogP contribution in [0, 0.1) is 11.3 Å². The number of pyridine rings is 1. The fraction of sp³-hybridized carbons (Fsp3) is 0.250. The summed E-state index contributed by atoms with van der Waals surface area (Å²) in [6, 6.07) is 3.80. The summed E-state index contributed by atoms with van der Waals surface area (Å²) in [7, 11) is 0. The zero-order valence-electron chi connectivity index (χ0n) is 6.26. The number of nitriles is 1. The molecule has 12 heavy (non-hydrogen) atoms. The Morgan fingerprint density at radius 1 is 1.67 bits per heavy atom. The van der Waals surface area contributed by atoms with E-state index < -0.39 is 0 Å². The predicted octanol–water partition coefficient (Wildman–Crippen LogP) is 1.57. The smallest absolute Gasteiger partial charge is 0.149 e. The van der Waals surface area contributed by atoms with Crippen molar-refractivity contribution in [2.75, 3.05) is 11.9 Å². The average Bonchev–Trinajstić information content (AvgIpc) is 2.49. The van der Waals surface area contributed by atoms with E-state index in [-0.39, 0.29) is 5.15 Å². The van der Waals surface area contributed by atoms with Crippen LogP contribution in [0.3, 0.4) is 0 Å². The standard InChI is InChI=1S/C8H6ClN3/c9-7-6(4-10)3-5-1-2-11-8(5)12-7/h3H,1-2H2,(H,11,12). The van der Waals surface area contributed by atoms with Crippen molar-refractivity contribution in [3.63, 3.8) is 0 Å². The Kier molecular flexibility index (Phi) is 1.63. The Morgan fingerprint density at radius 2 is 2.50 bits per heavy atom. The van der Waals surface area contributed by atoms with Crippen molar-refractivity contribution in [1.82, 2.24) is 4.98 Å². The van der Waals surface area contributed by atoms with Crippen molar-refractivity contribution in [1.29, 1.82) is 5.26 Å². The number of hydrogen-bond acceptors (Lipinski definition) is 3. The predicted molar refractivity (Wildman–Crippen MR) is 46.2 cm³/mol. The number of aromatic nitrogens is 1. The Labute approximate surface area is 75.0 Å². The van der Waals surface area contributed by atoms with Crippen molar-refractivity contribution < 1.29 is 0 Å². The molecule has 0 fully saturated rings. The molecule has 0 unspecified atom stereocenters. The summed E-state index contributed by atoms with van der Waals surface area (Å²) >= 11 is 5.73. The molecule has 1 aliphatic rings. The molecule has 0 bridgehead atoms. The van der Waals surface area contributed by atoms with Crippen molar-refractivity contribution >= 4 is 17.4 Å². The molecule has 1 aromatic heterocycles. The maximum absolute atomic E-state index is 8.65. The summed E-state index contributed by atoms with van der Waals surface area (Å²) in [6.07, 6.45) is 0.925. The molecule has 60 valence electrons. The van der Waals surface area contributed by atoms with Gasteiger partial charge in [0, 0.05) is 6.54 Å². The molecule has 3 nitrogen and oxygen atoms in total. The number of hydrogen-bond donors (Lipinski definition) is 1. The molecule has 0 saturated heterocycles. The monoisotopic (exact) mass is 179 g/mol. The molecule has 1 N–H and O–H groups in total. The van der Waals surface area contributed by atoms with Crippen LogP contribution in [-0.4, -0.2) is 11.5 Å². The molecule has 2 heterocycles. The van der Waals surface area contributed by atoms with Crippen LogP contribution < -0.4 is 5.32 Å². The third-order valence-electron chi connectivity index (χ3n) is 1.86. The van der Waals surface area contributed by atoms with E-state index in [1.807, 2.05) is 6.07 Å². The summed E-state index contributed by atoms with van der Waals surface area (Å²) < 4.78 is 0. The summed E-state index contributed by atoms with van der Waals surface area (Å²) in [5.41, 5.74) is 1.54. The van der Waals surface area contributed by atoms with Gasteiger partial charge in [-0.1, -0.05) is 11.6 Å².